The van der Waals surface area contributed by atoms with Crippen molar-refractivity contribution in [1.29, 1.82) is 0 Å². The van der Waals surface area contributed by atoms with Crippen LogP contribution in [0, 0.1) is 12.7 Å². The minimum Gasteiger partial charge on any atom is -0.505 e. The van der Waals surface area contributed by atoms with Gasteiger partial charge in [0.25, 0.3) is 0 Å². The number of anilines is 1. The zero-order valence-electron chi connectivity index (χ0n) is 14.7. The van der Waals surface area contributed by atoms with E-state index in [1.54, 1.807) is 30.5 Å². The van der Waals surface area contributed by atoms with Gasteiger partial charge < -0.3 is 10.4 Å². The number of benzene rings is 2. The Labute approximate surface area is 156 Å². The zero-order valence-corrected chi connectivity index (χ0v) is 14.7. The SMILES string of the molecule is Cc1cccc(N[C@@H](c2ccccc2F)c2ccc3cccnc3c2O)n1. The zero-order chi connectivity index (χ0) is 18.8. The number of nitrogens with zero attached hydrogens (tertiary/aromatic N) is 2. The van der Waals surface area contributed by atoms with Gasteiger partial charge in [-0.25, -0.2) is 9.37 Å². The molecule has 2 N–H and O–H groups in total. The second kappa shape index (κ2) is 7.03. The van der Waals surface area contributed by atoms with E-state index in [2.05, 4.69) is 15.3 Å². The predicted octanol–water partition coefficient (Wildman–Crippen LogP) is 4.98. The summed E-state index contributed by atoms with van der Waals surface area (Å²) in [7, 11) is 0. The quantitative estimate of drug-likeness (QED) is 0.539. The van der Waals surface area contributed by atoms with E-state index in [1.807, 2.05) is 43.3 Å². The number of nitrogens with one attached hydrogen (secondary N) is 1. The first-order valence-corrected chi connectivity index (χ1v) is 8.65. The van der Waals surface area contributed by atoms with Crippen LogP contribution in [0.3, 0.4) is 0 Å². The van der Waals surface area contributed by atoms with Gasteiger partial charge >= 0.3 is 0 Å². The second-order valence-corrected chi connectivity index (χ2v) is 6.34. The number of aromatic nitrogens is 2. The van der Waals surface area contributed by atoms with Gasteiger partial charge in [-0.15, -0.1) is 0 Å². The normalized spacial score (nSPS) is 12.1. The molecule has 1 atom stereocenters. The molecule has 0 amide bonds. The molecule has 0 spiro atoms. The Morgan fingerprint density at radius 3 is 2.59 bits per heavy atom. The number of fused-ring (bicyclic) bond motifs is 1. The van der Waals surface area contributed by atoms with Gasteiger partial charge in [0.1, 0.15) is 22.9 Å². The van der Waals surface area contributed by atoms with Crippen LogP contribution in [0.2, 0.25) is 0 Å². The molecule has 0 fully saturated rings. The van der Waals surface area contributed by atoms with Crippen LogP contribution in [-0.2, 0) is 0 Å². The van der Waals surface area contributed by atoms with E-state index in [0.717, 1.165) is 11.1 Å². The van der Waals surface area contributed by atoms with Crippen LogP contribution in [0.4, 0.5) is 10.2 Å². The standard InChI is InChI=1S/C22H18FN3O/c1-14-6-4-10-19(25-14)26-21(16-8-2-3-9-18(16)23)17-12-11-15-7-5-13-24-20(15)22(17)27/h2-13,21,27H,1H3,(H,25,26)/t21-/m0/s1. The highest BCUT2D eigenvalue weighted by atomic mass is 19.1. The second-order valence-electron chi connectivity index (χ2n) is 6.34. The van der Waals surface area contributed by atoms with Crippen molar-refractivity contribution in [3.05, 3.63) is 95.6 Å². The van der Waals surface area contributed by atoms with Gasteiger partial charge in [0.05, 0.1) is 6.04 Å². The first-order valence-electron chi connectivity index (χ1n) is 8.65. The molecule has 5 heteroatoms. The Kier molecular flexibility index (Phi) is 4.42. The van der Waals surface area contributed by atoms with E-state index in [1.165, 1.54) is 6.07 Å². The predicted molar refractivity (Wildman–Crippen MR) is 104 cm³/mol. The van der Waals surface area contributed by atoms with Gasteiger partial charge in [-0.3, -0.25) is 4.98 Å². The van der Waals surface area contributed by atoms with Crippen LogP contribution in [0.25, 0.3) is 10.9 Å². The Morgan fingerprint density at radius 1 is 0.926 bits per heavy atom. The molecule has 27 heavy (non-hydrogen) atoms. The Morgan fingerprint density at radius 2 is 1.78 bits per heavy atom. The number of phenols is 1. The summed E-state index contributed by atoms with van der Waals surface area (Å²) in [5.74, 6) is 0.272. The molecule has 0 unspecified atom stereocenters. The summed E-state index contributed by atoms with van der Waals surface area (Å²) in [6.45, 7) is 1.89. The Hall–Kier alpha value is -3.47. The van der Waals surface area contributed by atoms with Crippen molar-refractivity contribution >= 4 is 16.7 Å². The fourth-order valence-electron chi connectivity index (χ4n) is 3.18. The summed E-state index contributed by atoms with van der Waals surface area (Å²) in [6, 6.07) is 18.8. The number of hydrogen-bond acceptors (Lipinski definition) is 4. The van der Waals surface area contributed by atoms with E-state index in [0.29, 0.717) is 22.5 Å². The Bertz CT molecular complexity index is 1110. The highest BCUT2D eigenvalue weighted by molar-refractivity contribution is 5.86. The van der Waals surface area contributed by atoms with Gasteiger partial charge in [-0.05, 0) is 31.2 Å². The molecule has 2 aromatic carbocycles. The third kappa shape index (κ3) is 3.31. The van der Waals surface area contributed by atoms with Crippen LogP contribution in [0.5, 0.6) is 5.75 Å². The molecule has 2 heterocycles. The van der Waals surface area contributed by atoms with Crippen LogP contribution in [-0.4, -0.2) is 15.1 Å². The van der Waals surface area contributed by atoms with Crippen molar-refractivity contribution in [3.63, 3.8) is 0 Å². The smallest absolute Gasteiger partial charge is 0.147 e. The van der Waals surface area contributed by atoms with Gasteiger partial charge in [-0.2, -0.15) is 0 Å². The maximum absolute atomic E-state index is 14.6. The number of rotatable bonds is 4. The maximum Gasteiger partial charge on any atom is 0.147 e. The van der Waals surface area contributed by atoms with Gasteiger partial charge in [0.2, 0.25) is 0 Å². The molecular formula is C22H18FN3O. The van der Waals surface area contributed by atoms with E-state index >= 15 is 0 Å². The first kappa shape index (κ1) is 17.0. The molecule has 0 saturated carbocycles. The highest BCUT2D eigenvalue weighted by Crippen LogP contribution is 2.36. The average molecular weight is 359 g/mol. The van der Waals surface area contributed by atoms with E-state index in [9.17, 15) is 9.50 Å². The molecule has 0 saturated heterocycles. The summed E-state index contributed by atoms with van der Waals surface area (Å²) in [4.78, 5) is 8.73. The number of hydrogen-bond donors (Lipinski definition) is 2. The van der Waals surface area contributed by atoms with Crippen molar-refractivity contribution in [2.75, 3.05) is 5.32 Å². The molecule has 0 aliphatic rings. The summed E-state index contributed by atoms with van der Waals surface area (Å²) in [5.41, 5.74) is 2.29. The third-order valence-electron chi connectivity index (χ3n) is 4.49. The number of aromatic hydroxyl groups is 1. The van der Waals surface area contributed by atoms with Crippen LogP contribution in [0.1, 0.15) is 22.9 Å². The monoisotopic (exact) mass is 359 g/mol. The fraction of sp³-hybridized carbons (Fsp3) is 0.0909. The van der Waals surface area contributed by atoms with Crippen molar-refractivity contribution in [2.45, 2.75) is 13.0 Å². The average Bonchev–Trinajstić information content (AvgIpc) is 2.68. The third-order valence-corrected chi connectivity index (χ3v) is 4.49. The van der Waals surface area contributed by atoms with Crippen molar-refractivity contribution in [1.82, 2.24) is 9.97 Å². The largest absolute Gasteiger partial charge is 0.505 e. The summed E-state index contributed by atoms with van der Waals surface area (Å²) in [6.07, 6.45) is 1.62. The van der Waals surface area contributed by atoms with Gasteiger partial charge in [0.15, 0.2) is 0 Å². The molecule has 0 aliphatic heterocycles. The summed E-state index contributed by atoms with van der Waals surface area (Å²) >= 11 is 0. The number of pyridine rings is 2. The minimum absolute atomic E-state index is 0.0292. The Balaban J connectivity index is 1.88. The van der Waals surface area contributed by atoms with E-state index in [-0.39, 0.29) is 11.6 Å². The van der Waals surface area contributed by atoms with Gasteiger partial charge in [-0.1, -0.05) is 42.5 Å². The van der Waals surface area contributed by atoms with E-state index in [4.69, 9.17) is 0 Å². The molecule has 4 rings (SSSR count). The molecule has 4 aromatic rings. The lowest BCUT2D eigenvalue weighted by Crippen LogP contribution is -2.15. The van der Waals surface area contributed by atoms with Gasteiger partial charge in [0, 0.05) is 28.4 Å². The van der Waals surface area contributed by atoms with Crippen LogP contribution < -0.4 is 5.32 Å². The van der Waals surface area contributed by atoms with Crippen molar-refractivity contribution < 1.29 is 9.50 Å². The molecule has 0 radical (unpaired) electrons. The lowest BCUT2D eigenvalue weighted by molar-refractivity contribution is 0.470. The molecular weight excluding hydrogens is 341 g/mol. The highest BCUT2D eigenvalue weighted by Gasteiger charge is 2.22. The first-order chi connectivity index (χ1) is 13.1. The van der Waals surface area contributed by atoms with Crippen LogP contribution >= 0.6 is 0 Å². The van der Waals surface area contributed by atoms with Crippen molar-refractivity contribution in [3.8, 4) is 5.75 Å². The number of phenolic OH excluding ortho intramolecular Hbond substituents is 1. The molecule has 0 bridgehead atoms. The lowest BCUT2D eigenvalue weighted by atomic mass is 9.96. The topological polar surface area (TPSA) is 58.0 Å². The van der Waals surface area contributed by atoms with E-state index < -0.39 is 6.04 Å². The minimum atomic E-state index is -0.619. The summed E-state index contributed by atoms with van der Waals surface area (Å²) < 4.78 is 14.6. The molecule has 4 nitrogen and oxygen atoms in total. The lowest BCUT2D eigenvalue weighted by Gasteiger charge is -2.22. The summed E-state index contributed by atoms with van der Waals surface area (Å²) in [5, 5.41) is 14.9. The number of halogens is 1. The maximum atomic E-state index is 14.6. The fourth-order valence-corrected chi connectivity index (χ4v) is 3.18. The van der Waals surface area contributed by atoms with Crippen LogP contribution in [0.15, 0.2) is 72.9 Å². The van der Waals surface area contributed by atoms with Crippen molar-refractivity contribution in [2.24, 2.45) is 0 Å². The molecule has 0 aliphatic carbocycles. The molecule has 2 aromatic heterocycles. The number of aryl methyl sites for hydroxylation is 1. The molecule has 134 valence electrons.